The van der Waals surface area contributed by atoms with Crippen LogP contribution in [0.3, 0.4) is 0 Å². The molecular weight excluding hydrogens is 253 g/mol. The van der Waals surface area contributed by atoms with Gasteiger partial charge in [0.15, 0.2) is 0 Å². The molecule has 0 spiro atoms. The molecule has 96 valence electrons. The molecule has 5 heteroatoms. The zero-order valence-corrected chi connectivity index (χ0v) is 9.78. The average molecular weight is 262 g/mol. The summed E-state index contributed by atoms with van der Waals surface area (Å²) in [6.45, 7) is 0. The SMILES string of the molecule is N#CCc1ncc(-c2ccccc2)cc1C(F)(F)F. The maximum absolute atomic E-state index is 12.9. The fraction of sp³-hybridized carbons (Fsp3) is 0.143. The van der Waals surface area contributed by atoms with Gasteiger partial charge < -0.3 is 0 Å². The van der Waals surface area contributed by atoms with E-state index in [1.54, 1.807) is 36.4 Å². The van der Waals surface area contributed by atoms with Crippen molar-refractivity contribution in [2.45, 2.75) is 12.6 Å². The molecule has 0 aliphatic heterocycles. The maximum Gasteiger partial charge on any atom is 0.418 e. The second kappa shape index (κ2) is 5.11. The number of rotatable bonds is 2. The van der Waals surface area contributed by atoms with E-state index in [0.29, 0.717) is 11.1 Å². The van der Waals surface area contributed by atoms with Gasteiger partial charge in [-0.1, -0.05) is 30.3 Å². The zero-order valence-electron chi connectivity index (χ0n) is 9.78. The summed E-state index contributed by atoms with van der Waals surface area (Å²) in [5.74, 6) is 0. The van der Waals surface area contributed by atoms with Gasteiger partial charge in [-0.05, 0) is 11.6 Å². The highest BCUT2D eigenvalue weighted by Gasteiger charge is 2.34. The van der Waals surface area contributed by atoms with Crippen molar-refractivity contribution >= 4 is 0 Å². The standard InChI is InChI=1S/C14H9F3N2/c15-14(16,17)12-8-11(9-19-13(12)6-7-18)10-4-2-1-3-5-10/h1-5,8-9H,6H2. The molecule has 1 aromatic heterocycles. The van der Waals surface area contributed by atoms with Crippen LogP contribution in [0.1, 0.15) is 11.3 Å². The van der Waals surface area contributed by atoms with E-state index in [4.69, 9.17) is 5.26 Å². The molecule has 0 unspecified atom stereocenters. The van der Waals surface area contributed by atoms with Gasteiger partial charge in [0.25, 0.3) is 0 Å². The monoisotopic (exact) mass is 262 g/mol. The molecule has 2 nitrogen and oxygen atoms in total. The summed E-state index contributed by atoms with van der Waals surface area (Å²) in [5, 5.41) is 8.54. The van der Waals surface area contributed by atoms with Crippen LogP contribution < -0.4 is 0 Å². The van der Waals surface area contributed by atoms with Crippen LogP contribution in [0.2, 0.25) is 0 Å². The predicted octanol–water partition coefficient (Wildman–Crippen LogP) is 3.83. The van der Waals surface area contributed by atoms with E-state index in [-0.39, 0.29) is 12.1 Å². The third-order valence-electron chi connectivity index (χ3n) is 2.63. The average Bonchev–Trinajstić information content (AvgIpc) is 2.39. The molecule has 0 fully saturated rings. The quantitative estimate of drug-likeness (QED) is 0.824. The number of nitriles is 1. The number of pyridine rings is 1. The summed E-state index contributed by atoms with van der Waals surface area (Å²) in [5.41, 5.74) is -0.0521. The second-order valence-electron chi connectivity index (χ2n) is 3.92. The van der Waals surface area contributed by atoms with E-state index in [1.807, 2.05) is 0 Å². The molecule has 0 amide bonds. The van der Waals surface area contributed by atoms with E-state index in [2.05, 4.69) is 4.98 Å². The van der Waals surface area contributed by atoms with Crippen molar-refractivity contribution in [3.8, 4) is 17.2 Å². The second-order valence-corrected chi connectivity index (χ2v) is 3.92. The van der Waals surface area contributed by atoms with Gasteiger partial charge in [-0.2, -0.15) is 18.4 Å². The highest BCUT2D eigenvalue weighted by Crippen LogP contribution is 2.34. The first-order valence-electron chi connectivity index (χ1n) is 5.51. The first kappa shape index (κ1) is 13.1. The number of hydrogen-bond acceptors (Lipinski definition) is 2. The number of aromatic nitrogens is 1. The van der Waals surface area contributed by atoms with Crippen molar-refractivity contribution in [1.82, 2.24) is 4.98 Å². The number of alkyl halides is 3. The molecule has 0 saturated heterocycles. The van der Waals surface area contributed by atoms with Crippen LogP contribution in [0.4, 0.5) is 13.2 Å². The third kappa shape index (κ3) is 2.91. The van der Waals surface area contributed by atoms with E-state index in [9.17, 15) is 13.2 Å². The Morgan fingerprint density at radius 1 is 1.11 bits per heavy atom. The smallest absolute Gasteiger partial charge is 0.259 e. The molecule has 2 aromatic rings. The molecule has 1 heterocycles. The van der Waals surface area contributed by atoms with Crippen LogP contribution in [-0.2, 0) is 12.6 Å². The van der Waals surface area contributed by atoms with E-state index < -0.39 is 11.7 Å². The van der Waals surface area contributed by atoms with Gasteiger partial charge in [0, 0.05) is 11.8 Å². The molecule has 0 saturated carbocycles. The summed E-state index contributed by atoms with van der Waals surface area (Å²) in [6, 6.07) is 11.4. The Labute approximate surface area is 108 Å². The summed E-state index contributed by atoms with van der Waals surface area (Å²) < 4.78 is 38.8. The molecule has 19 heavy (non-hydrogen) atoms. The maximum atomic E-state index is 12.9. The zero-order chi connectivity index (χ0) is 13.9. The highest BCUT2D eigenvalue weighted by atomic mass is 19.4. The number of benzene rings is 1. The third-order valence-corrected chi connectivity index (χ3v) is 2.63. The molecule has 0 radical (unpaired) electrons. The molecular formula is C14H9F3N2. The lowest BCUT2D eigenvalue weighted by Crippen LogP contribution is -2.11. The lowest BCUT2D eigenvalue weighted by atomic mass is 10.0. The summed E-state index contributed by atoms with van der Waals surface area (Å²) in [7, 11) is 0. The lowest BCUT2D eigenvalue weighted by Gasteiger charge is -2.12. The Bertz CT molecular complexity index is 613. The Morgan fingerprint density at radius 3 is 2.37 bits per heavy atom. The highest BCUT2D eigenvalue weighted by molar-refractivity contribution is 5.63. The molecule has 0 N–H and O–H groups in total. The van der Waals surface area contributed by atoms with Crippen LogP contribution >= 0.6 is 0 Å². The first-order chi connectivity index (χ1) is 9.02. The molecule has 2 rings (SSSR count). The fourth-order valence-corrected chi connectivity index (χ4v) is 1.74. The van der Waals surface area contributed by atoms with E-state index in [0.717, 1.165) is 6.07 Å². The molecule has 0 bridgehead atoms. The minimum Gasteiger partial charge on any atom is -0.259 e. The van der Waals surface area contributed by atoms with Crippen LogP contribution in [0, 0.1) is 11.3 Å². The fourth-order valence-electron chi connectivity index (χ4n) is 1.74. The topological polar surface area (TPSA) is 36.7 Å². The van der Waals surface area contributed by atoms with Gasteiger partial charge in [0.1, 0.15) is 0 Å². The van der Waals surface area contributed by atoms with Crippen molar-refractivity contribution in [2.75, 3.05) is 0 Å². The van der Waals surface area contributed by atoms with Crippen molar-refractivity contribution in [3.63, 3.8) is 0 Å². The van der Waals surface area contributed by atoms with Gasteiger partial charge in [0.05, 0.1) is 23.7 Å². The van der Waals surface area contributed by atoms with Gasteiger partial charge in [-0.25, -0.2) is 0 Å². The van der Waals surface area contributed by atoms with Crippen LogP contribution in [0.15, 0.2) is 42.6 Å². The van der Waals surface area contributed by atoms with Gasteiger partial charge >= 0.3 is 6.18 Å². The predicted molar refractivity (Wildman–Crippen MR) is 64.0 cm³/mol. The summed E-state index contributed by atoms with van der Waals surface area (Å²) in [6.07, 6.45) is -3.51. The first-order valence-corrected chi connectivity index (χ1v) is 5.51. The molecule has 0 aliphatic carbocycles. The van der Waals surface area contributed by atoms with E-state index >= 15 is 0 Å². The van der Waals surface area contributed by atoms with Crippen molar-refractivity contribution in [3.05, 3.63) is 53.9 Å². The lowest BCUT2D eigenvalue weighted by molar-refractivity contribution is -0.138. The van der Waals surface area contributed by atoms with Crippen molar-refractivity contribution in [1.29, 1.82) is 5.26 Å². The molecule has 1 aromatic carbocycles. The van der Waals surface area contributed by atoms with Gasteiger partial charge in [0.2, 0.25) is 0 Å². The van der Waals surface area contributed by atoms with Crippen molar-refractivity contribution < 1.29 is 13.2 Å². The Balaban J connectivity index is 2.54. The Kier molecular flexibility index (Phi) is 3.52. The van der Waals surface area contributed by atoms with Crippen LogP contribution in [0.25, 0.3) is 11.1 Å². The number of halogens is 3. The Hall–Kier alpha value is -2.35. The van der Waals surface area contributed by atoms with Crippen LogP contribution in [-0.4, -0.2) is 4.98 Å². The minimum absolute atomic E-state index is 0.241. The number of nitrogens with zero attached hydrogens (tertiary/aromatic N) is 2. The summed E-state index contributed by atoms with van der Waals surface area (Å²) in [4.78, 5) is 3.77. The summed E-state index contributed by atoms with van der Waals surface area (Å²) >= 11 is 0. The van der Waals surface area contributed by atoms with E-state index in [1.165, 1.54) is 6.20 Å². The number of hydrogen-bond donors (Lipinski definition) is 0. The minimum atomic E-state index is -4.51. The van der Waals surface area contributed by atoms with Crippen molar-refractivity contribution in [2.24, 2.45) is 0 Å². The van der Waals surface area contributed by atoms with Gasteiger partial charge in [-0.3, -0.25) is 4.98 Å². The largest absolute Gasteiger partial charge is 0.418 e. The van der Waals surface area contributed by atoms with Gasteiger partial charge in [-0.15, -0.1) is 0 Å². The molecule has 0 atom stereocenters. The normalized spacial score (nSPS) is 11.1. The Morgan fingerprint density at radius 2 is 1.79 bits per heavy atom. The molecule has 0 aliphatic rings. The van der Waals surface area contributed by atoms with Crippen LogP contribution in [0.5, 0.6) is 0 Å².